The Morgan fingerprint density at radius 2 is 1.57 bits per heavy atom. The van der Waals surface area contributed by atoms with Crippen LogP contribution in [0.4, 0.5) is 0 Å². The molecule has 0 aromatic rings. The van der Waals surface area contributed by atoms with Gasteiger partial charge >= 0.3 is 5.97 Å². The smallest absolute Gasteiger partial charge is 0.306 e. The lowest BCUT2D eigenvalue weighted by Gasteiger charge is -2.23. The number of nitrogens with two attached hydrogens (primary N) is 1. The molecule has 1 rings (SSSR count). The van der Waals surface area contributed by atoms with Gasteiger partial charge in [0.15, 0.2) is 5.76 Å². The highest BCUT2D eigenvalue weighted by Crippen LogP contribution is 2.31. The van der Waals surface area contributed by atoms with E-state index in [1.54, 1.807) is 0 Å². The number of rotatable bonds is 16. The van der Waals surface area contributed by atoms with Crippen LogP contribution in [-0.4, -0.2) is 29.0 Å². The molecule has 0 aromatic carbocycles. The van der Waals surface area contributed by atoms with Crippen LogP contribution < -0.4 is 5.73 Å². The van der Waals surface area contributed by atoms with Crippen molar-refractivity contribution < 1.29 is 19.1 Å². The lowest BCUT2D eigenvalue weighted by molar-refractivity contribution is -0.151. The van der Waals surface area contributed by atoms with Crippen molar-refractivity contribution >= 4 is 22.8 Å². The van der Waals surface area contributed by atoms with Gasteiger partial charge in [-0.2, -0.15) is 0 Å². The molecule has 0 radical (unpaired) electrons. The summed E-state index contributed by atoms with van der Waals surface area (Å²) >= 11 is 1.21. The average molecular weight is 442 g/mol. The summed E-state index contributed by atoms with van der Waals surface area (Å²) in [4.78, 5) is 24.6. The molecule has 2 unspecified atom stereocenters. The largest absolute Gasteiger partial charge is 0.484 e. The van der Waals surface area contributed by atoms with Crippen molar-refractivity contribution in [2.75, 3.05) is 6.61 Å². The first-order valence-corrected chi connectivity index (χ1v) is 12.9. The van der Waals surface area contributed by atoms with Crippen molar-refractivity contribution in [3.8, 4) is 0 Å². The summed E-state index contributed by atoms with van der Waals surface area (Å²) in [6.07, 6.45) is 17.6. The number of carbonyl (C=O) groups is 2. The molecule has 6 heteroatoms. The zero-order valence-electron chi connectivity index (χ0n) is 19.2. The van der Waals surface area contributed by atoms with Gasteiger partial charge < -0.3 is 15.2 Å². The van der Waals surface area contributed by atoms with Gasteiger partial charge in [0.25, 0.3) is 5.12 Å². The van der Waals surface area contributed by atoms with Crippen molar-refractivity contribution in [3.63, 3.8) is 0 Å². The third-order valence-electron chi connectivity index (χ3n) is 5.54. The van der Waals surface area contributed by atoms with Crippen molar-refractivity contribution in [1.29, 1.82) is 0 Å². The Kier molecular flexibility index (Phi) is 15.7. The summed E-state index contributed by atoms with van der Waals surface area (Å²) < 4.78 is 11.3. The van der Waals surface area contributed by atoms with Crippen LogP contribution >= 0.6 is 11.8 Å². The van der Waals surface area contributed by atoms with E-state index in [1.165, 1.54) is 62.9 Å². The van der Waals surface area contributed by atoms with Crippen molar-refractivity contribution in [1.82, 2.24) is 0 Å². The van der Waals surface area contributed by atoms with E-state index in [-0.39, 0.29) is 28.7 Å². The minimum Gasteiger partial charge on any atom is -0.484 e. The summed E-state index contributed by atoms with van der Waals surface area (Å²) in [6.45, 7) is 4.59. The molecule has 0 amide bonds. The van der Waals surface area contributed by atoms with Crippen molar-refractivity contribution in [2.45, 2.75) is 122 Å². The summed E-state index contributed by atoms with van der Waals surface area (Å²) in [5.41, 5.74) is 5.52. The van der Waals surface area contributed by atoms with Crippen LogP contribution in [-0.2, 0) is 19.1 Å². The molecule has 2 atom stereocenters. The standard InChI is InChI=1S/C24H43NO4S/c1-3-5-7-9-10-11-12-13-14-16-22-21(19-28-20(18-25)24(27)30-22)29-23(26)17-15-8-6-4-2/h18,21-22H,3-17,19,25H2,1-2H3. The highest BCUT2D eigenvalue weighted by Gasteiger charge is 2.33. The number of hydrogen-bond donors (Lipinski definition) is 1. The predicted octanol–water partition coefficient (Wildman–Crippen LogP) is 6.25. The molecule has 1 aliphatic rings. The molecule has 174 valence electrons. The lowest BCUT2D eigenvalue weighted by Crippen LogP contribution is -2.32. The Morgan fingerprint density at radius 1 is 1.00 bits per heavy atom. The van der Waals surface area contributed by atoms with E-state index in [0.29, 0.717) is 6.42 Å². The molecule has 0 saturated carbocycles. The Labute approximate surface area is 187 Å². The van der Waals surface area contributed by atoms with E-state index in [0.717, 1.165) is 44.9 Å². The Hall–Kier alpha value is -1.17. The molecular formula is C24H43NO4S. The highest BCUT2D eigenvalue weighted by molar-refractivity contribution is 8.14. The molecule has 0 bridgehead atoms. The van der Waals surface area contributed by atoms with Crippen LogP contribution in [0.2, 0.25) is 0 Å². The number of hydrogen-bond acceptors (Lipinski definition) is 6. The van der Waals surface area contributed by atoms with Crippen LogP contribution in [0.5, 0.6) is 0 Å². The minimum absolute atomic E-state index is 0.0703. The van der Waals surface area contributed by atoms with E-state index in [4.69, 9.17) is 15.2 Å². The Morgan fingerprint density at radius 3 is 2.17 bits per heavy atom. The van der Waals surface area contributed by atoms with E-state index in [1.807, 2.05) is 0 Å². The van der Waals surface area contributed by atoms with Gasteiger partial charge in [-0.1, -0.05) is 103 Å². The average Bonchev–Trinajstić information content (AvgIpc) is 2.88. The molecule has 1 fully saturated rings. The fraction of sp³-hybridized carbons (Fsp3) is 0.833. The summed E-state index contributed by atoms with van der Waals surface area (Å²) in [7, 11) is 0. The number of carbonyl (C=O) groups excluding carboxylic acids is 2. The highest BCUT2D eigenvalue weighted by atomic mass is 32.2. The fourth-order valence-corrected chi connectivity index (χ4v) is 4.75. The number of thioether (sulfide) groups is 1. The molecule has 30 heavy (non-hydrogen) atoms. The number of unbranched alkanes of at least 4 members (excludes halogenated alkanes) is 11. The van der Waals surface area contributed by atoms with Gasteiger partial charge in [-0.25, -0.2) is 0 Å². The molecule has 5 nitrogen and oxygen atoms in total. The summed E-state index contributed by atoms with van der Waals surface area (Å²) in [5, 5.41) is -0.237. The minimum atomic E-state index is -0.399. The van der Waals surface area contributed by atoms with Gasteiger partial charge in [0.2, 0.25) is 0 Å². The van der Waals surface area contributed by atoms with Gasteiger partial charge in [-0.3, -0.25) is 9.59 Å². The number of ether oxygens (including phenoxy) is 2. The van der Waals surface area contributed by atoms with Crippen LogP contribution in [0, 0.1) is 0 Å². The van der Waals surface area contributed by atoms with Crippen LogP contribution in [0.1, 0.15) is 110 Å². The van der Waals surface area contributed by atoms with Gasteiger partial charge in [-0.15, -0.1) is 0 Å². The molecule has 2 N–H and O–H groups in total. The maximum absolute atomic E-state index is 12.3. The first kappa shape index (κ1) is 26.9. The summed E-state index contributed by atoms with van der Waals surface area (Å²) in [6, 6.07) is 0. The van der Waals surface area contributed by atoms with E-state index >= 15 is 0 Å². The zero-order chi connectivity index (χ0) is 22.0. The maximum atomic E-state index is 12.3. The lowest BCUT2D eigenvalue weighted by atomic mass is 10.0. The van der Waals surface area contributed by atoms with Gasteiger partial charge in [0.05, 0.1) is 5.25 Å². The zero-order valence-corrected chi connectivity index (χ0v) is 20.0. The van der Waals surface area contributed by atoms with Gasteiger partial charge in [-0.05, 0) is 12.8 Å². The molecule has 1 heterocycles. The van der Waals surface area contributed by atoms with Gasteiger partial charge in [0.1, 0.15) is 12.7 Å². The SMILES string of the molecule is CCCCCCCCCCCC1SC(=O)C(=CN)OCC1OC(=O)CCCCCC. The third-order valence-corrected chi connectivity index (χ3v) is 6.80. The topological polar surface area (TPSA) is 78.6 Å². The fourth-order valence-electron chi connectivity index (χ4n) is 3.66. The second kappa shape index (κ2) is 17.5. The number of esters is 1. The first-order chi connectivity index (χ1) is 14.6. The Balaban J connectivity index is 2.42. The van der Waals surface area contributed by atoms with Gasteiger partial charge in [0, 0.05) is 12.6 Å². The van der Waals surface area contributed by atoms with Crippen molar-refractivity contribution in [3.05, 3.63) is 12.0 Å². The summed E-state index contributed by atoms with van der Waals surface area (Å²) in [5.74, 6) is -0.0245. The quantitative estimate of drug-likeness (QED) is 0.173. The molecule has 0 aliphatic carbocycles. The van der Waals surface area contributed by atoms with Crippen LogP contribution in [0.3, 0.4) is 0 Å². The first-order valence-electron chi connectivity index (χ1n) is 12.1. The Bertz CT molecular complexity index is 509. The van der Waals surface area contributed by atoms with Crippen LogP contribution in [0.25, 0.3) is 0 Å². The maximum Gasteiger partial charge on any atom is 0.306 e. The van der Waals surface area contributed by atoms with Crippen molar-refractivity contribution in [2.24, 2.45) is 5.73 Å². The predicted molar refractivity (Wildman–Crippen MR) is 125 cm³/mol. The third kappa shape index (κ3) is 11.9. The monoisotopic (exact) mass is 441 g/mol. The molecular weight excluding hydrogens is 398 g/mol. The normalized spacial score (nSPS) is 20.7. The van der Waals surface area contributed by atoms with E-state index in [9.17, 15) is 9.59 Å². The molecule has 0 spiro atoms. The molecule has 1 aliphatic heterocycles. The van der Waals surface area contributed by atoms with Crippen LogP contribution in [0.15, 0.2) is 12.0 Å². The molecule has 1 saturated heterocycles. The molecule has 0 aromatic heterocycles. The second-order valence-corrected chi connectivity index (χ2v) is 9.45. The second-order valence-electron chi connectivity index (χ2n) is 8.24. The van der Waals surface area contributed by atoms with E-state index in [2.05, 4.69) is 13.8 Å². The van der Waals surface area contributed by atoms with E-state index < -0.39 is 6.10 Å².